The zero-order valence-corrected chi connectivity index (χ0v) is 19.0. The van der Waals surface area contributed by atoms with E-state index in [1.807, 2.05) is 25.1 Å². The Bertz CT molecular complexity index is 1360. The monoisotopic (exact) mass is 463 g/mol. The molecule has 10 heteroatoms. The lowest BCUT2D eigenvalue weighted by Gasteiger charge is -2.16. The van der Waals surface area contributed by atoms with Crippen LogP contribution in [0.15, 0.2) is 42.9 Å². The van der Waals surface area contributed by atoms with Crippen LogP contribution in [0.2, 0.25) is 0 Å². The maximum absolute atomic E-state index is 10.9. The number of pyridine rings is 3. The second kappa shape index (κ2) is 9.65. The van der Waals surface area contributed by atoms with Crippen LogP contribution in [0.4, 0.5) is 10.6 Å². The van der Waals surface area contributed by atoms with Crippen molar-refractivity contribution in [3.05, 3.63) is 42.9 Å². The quantitative estimate of drug-likeness (QED) is 0.332. The first-order valence-corrected chi connectivity index (χ1v) is 10.6. The van der Waals surface area contributed by atoms with E-state index in [0.717, 1.165) is 21.7 Å². The van der Waals surface area contributed by atoms with Gasteiger partial charge < -0.3 is 30.4 Å². The highest BCUT2D eigenvalue weighted by atomic mass is 16.5. The number of nitrogen functional groups attached to an aromatic ring is 1. The van der Waals surface area contributed by atoms with Gasteiger partial charge in [0.05, 0.1) is 37.7 Å². The van der Waals surface area contributed by atoms with Crippen molar-refractivity contribution in [3.63, 3.8) is 0 Å². The van der Waals surface area contributed by atoms with Crippen molar-refractivity contribution >= 4 is 33.6 Å². The van der Waals surface area contributed by atoms with E-state index in [1.54, 1.807) is 38.9 Å². The van der Waals surface area contributed by atoms with Gasteiger partial charge in [-0.15, -0.1) is 0 Å². The predicted octanol–water partition coefficient (Wildman–Crippen LogP) is 3.87. The number of nitrogens with zero attached hydrogens (tertiary/aromatic N) is 3. The fourth-order valence-electron chi connectivity index (χ4n) is 3.68. The maximum Gasteiger partial charge on any atom is 0.404 e. The molecule has 1 amide bonds. The van der Waals surface area contributed by atoms with Crippen LogP contribution in [0, 0.1) is 0 Å². The van der Waals surface area contributed by atoms with E-state index < -0.39 is 6.09 Å². The lowest BCUT2D eigenvalue weighted by molar-refractivity contribution is 0.180. The van der Waals surface area contributed by atoms with E-state index in [4.69, 9.17) is 25.1 Å². The number of aromatic nitrogens is 3. The number of nitrogens with one attached hydrogen (secondary N) is 1. The standard InChI is InChI=1S/C24H25N5O5/c1-4-14(28-24(30)31)12-34-15-5-13(9-26-10-15)19-6-16-17-7-21(32-2)22(33-3)8-20(17)27-11-18(16)23(25)29-19/h5-11,14,28H,4,12H2,1-3H3,(H2,25,29)(H,30,31)/t14-/m0/s1. The average molecular weight is 463 g/mol. The van der Waals surface area contributed by atoms with Crippen LogP contribution in [0.5, 0.6) is 17.2 Å². The summed E-state index contributed by atoms with van der Waals surface area (Å²) in [4.78, 5) is 24.2. The Morgan fingerprint density at radius 2 is 1.82 bits per heavy atom. The molecular weight excluding hydrogens is 438 g/mol. The summed E-state index contributed by atoms with van der Waals surface area (Å²) in [5, 5.41) is 13.8. The Morgan fingerprint density at radius 3 is 2.53 bits per heavy atom. The first-order valence-electron chi connectivity index (χ1n) is 10.6. The fourth-order valence-corrected chi connectivity index (χ4v) is 3.68. The molecule has 34 heavy (non-hydrogen) atoms. The summed E-state index contributed by atoms with van der Waals surface area (Å²) in [6.45, 7) is 2.06. The Kier molecular flexibility index (Phi) is 6.48. The summed E-state index contributed by atoms with van der Waals surface area (Å²) in [5.41, 5.74) is 8.34. The number of fused-ring (bicyclic) bond motifs is 3. The summed E-state index contributed by atoms with van der Waals surface area (Å²) in [6, 6.07) is 7.06. The van der Waals surface area contributed by atoms with Gasteiger partial charge in [0.15, 0.2) is 11.5 Å². The topological polar surface area (TPSA) is 142 Å². The van der Waals surface area contributed by atoms with Gasteiger partial charge in [0.1, 0.15) is 18.2 Å². The molecule has 0 bridgehead atoms. The lowest BCUT2D eigenvalue weighted by atomic mass is 10.0. The van der Waals surface area contributed by atoms with Crippen LogP contribution in [0.1, 0.15) is 13.3 Å². The van der Waals surface area contributed by atoms with E-state index in [-0.39, 0.29) is 12.6 Å². The van der Waals surface area contributed by atoms with Crippen LogP contribution in [-0.2, 0) is 0 Å². The van der Waals surface area contributed by atoms with Gasteiger partial charge in [-0.05, 0) is 30.0 Å². The fraction of sp³-hybridized carbons (Fsp3) is 0.250. The van der Waals surface area contributed by atoms with Crippen LogP contribution in [-0.4, -0.2) is 53.0 Å². The minimum Gasteiger partial charge on any atom is -0.493 e. The zero-order valence-electron chi connectivity index (χ0n) is 19.0. The zero-order chi connectivity index (χ0) is 24.2. The Balaban J connectivity index is 1.74. The number of nitrogens with two attached hydrogens (primary N) is 1. The van der Waals surface area contributed by atoms with Crippen molar-refractivity contribution in [1.29, 1.82) is 0 Å². The highest BCUT2D eigenvalue weighted by molar-refractivity contribution is 6.10. The first-order chi connectivity index (χ1) is 16.4. The van der Waals surface area contributed by atoms with Crippen LogP contribution in [0.3, 0.4) is 0 Å². The van der Waals surface area contributed by atoms with Gasteiger partial charge >= 0.3 is 6.09 Å². The highest BCUT2D eigenvalue weighted by Crippen LogP contribution is 2.37. The Morgan fingerprint density at radius 1 is 1.06 bits per heavy atom. The molecule has 10 nitrogen and oxygen atoms in total. The number of hydrogen-bond acceptors (Lipinski definition) is 8. The number of hydrogen-bond donors (Lipinski definition) is 3. The smallest absolute Gasteiger partial charge is 0.404 e. The second-order valence-corrected chi connectivity index (χ2v) is 7.61. The van der Waals surface area contributed by atoms with E-state index in [0.29, 0.717) is 40.7 Å². The first kappa shape index (κ1) is 22.8. The van der Waals surface area contributed by atoms with E-state index in [1.165, 1.54) is 0 Å². The molecule has 4 aromatic rings. The molecule has 0 saturated carbocycles. The van der Waals surface area contributed by atoms with E-state index in [9.17, 15) is 4.79 Å². The molecule has 0 spiro atoms. The molecule has 1 aromatic carbocycles. The van der Waals surface area contributed by atoms with Crippen molar-refractivity contribution in [3.8, 4) is 28.5 Å². The molecule has 0 saturated heterocycles. The largest absolute Gasteiger partial charge is 0.493 e. The Labute approximate surface area is 195 Å². The summed E-state index contributed by atoms with van der Waals surface area (Å²) < 4.78 is 16.6. The van der Waals surface area contributed by atoms with E-state index in [2.05, 4.69) is 20.3 Å². The van der Waals surface area contributed by atoms with Gasteiger partial charge in [0, 0.05) is 34.8 Å². The number of rotatable bonds is 8. The van der Waals surface area contributed by atoms with Crippen LogP contribution >= 0.6 is 0 Å². The molecule has 3 heterocycles. The molecule has 4 N–H and O–H groups in total. The molecule has 4 rings (SSSR count). The third kappa shape index (κ3) is 4.56. The van der Waals surface area contributed by atoms with Crippen molar-refractivity contribution in [2.75, 3.05) is 26.6 Å². The van der Waals surface area contributed by atoms with Crippen molar-refractivity contribution in [2.45, 2.75) is 19.4 Å². The van der Waals surface area contributed by atoms with E-state index >= 15 is 0 Å². The second-order valence-electron chi connectivity index (χ2n) is 7.61. The third-order valence-corrected chi connectivity index (χ3v) is 5.49. The third-order valence-electron chi connectivity index (χ3n) is 5.49. The summed E-state index contributed by atoms with van der Waals surface area (Å²) >= 11 is 0. The number of methoxy groups -OCH3 is 2. The van der Waals surface area contributed by atoms with Gasteiger partial charge in [0.2, 0.25) is 0 Å². The molecule has 0 radical (unpaired) electrons. The van der Waals surface area contributed by atoms with Gasteiger partial charge in [-0.2, -0.15) is 0 Å². The number of anilines is 1. The summed E-state index contributed by atoms with van der Waals surface area (Å²) in [6.07, 6.45) is 4.43. The maximum atomic E-state index is 10.9. The van der Waals surface area contributed by atoms with Crippen LogP contribution < -0.4 is 25.3 Å². The molecule has 0 aliphatic rings. The lowest BCUT2D eigenvalue weighted by Crippen LogP contribution is -2.37. The molecule has 0 unspecified atom stereocenters. The summed E-state index contributed by atoms with van der Waals surface area (Å²) in [5.74, 6) is 1.99. The number of amides is 1. The molecule has 0 aliphatic carbocycles. The average Bonchev–Trinajstić information content (AvgIpc) is 2.85. The van der Waals surface area contributed by atoms with Crippen molar-refractivity contribution in [2.24, 2.45) is 0 Å². The Hall–Kier alpha value is -4.34. The highest BCUT2D eigenvalue weighted by Gasteiger charge is 2.15. The van der Waals surface area contributed by atoms with Gasteiger partial charge in [-0.25, -0.2) is 9.78 Å². The van der Waals surface area contributed by atoms with Crippen LogP contribution in [0.25, 0.3) is 32.9 Å². The van der Waals surface area contributed by atoms with Gasteiger partial charge in [-0.3, -0.25) is 9.97 Å². The normalized spacial score (nSPS) is 11.9. The molecule has 176 valence electrons. The number of ether oxygens (including phenoxy) is 3. The molecule has 1 atom stereocenters. The molecule has 3 aromatic heterocycles. The SMILES string of the molecule is CC[C@@H](COc1cncc(-c2cc3c(cnc4cc(OC)c(OC)cc43)c(N)n2)c1)NC(=O)O. The minimum absolute atomic E-state index is 0.180. The molecular formula is C24H25N5O5. The van der Waals surface area contributed by atoms with Crippen molar-refractivity contribution < 1.29 is 24.1 Å². The number of carbonyl (C=O) groups is 1. The number of carboxylic acid groups (broad SMARTS) is 1. The van der Waals surface area contributed by atoms with Crippen molar-refractivity contribution in [1.82, 2.24) is 20.3 Å². The summed E-state index contributed by atoms with van der Waals surface area (Å²) in [7, 11) is 3.16. The number of benzene rings is 1. The van der Waals surface area contributed by atoms with Gasteiger partial charge in [0.25, 0.3) is 0 Å². The molecule has 0 fully saturated rings. The van der Waals surface area contributed by atoms with Gasteiger partial charge in [-0.1, -0.05) is 6.92 Å². The molecule has 0 aliphatic heterocycles. The minimum atomic E-state index is -1.09. The predicted molar refractivity (Wildman–Crippen MR) is 129 cm³/mol.